The average molecular weight is 448 g/mol. The first-order valence-corrected chi connectivity index (χ1v) is 10.5. The van der Waals surface area contributed by atoms with Gasteiger partial charge in [0.25, 0.3) is 0 Å². The molecule has 0 fully saturated rings. The predicted molar refractivity (Wildman–Crippen MR) is 124 cm³/mol. The molecule has 0 atom stereocenters. The summed E-state index contributed by atoms with van der Waals surface area (Å²) >= 11 is 0. The number of aryl methyl sites for hydroxylation is 2. The Hall–Kier alpha value is -3.73. The van der Waals surface area contributed by atoms with Crippen LogP contribution >= 0.6 is 0 Å². The molecule has 33 heavy (non-hydrogen) atoms. The Kier molecular flexibility index (Phi) is 6.68. The van der Waals surface area contributed by atoms with E-state index >= 15 is 0 Å². The number of ether oxygens (including phenoxy) is 2. The van der Waals surface area contributed by atoms with E-state index in [-0.39, 0.29) is 16.9 Å². The van der Waals surface area contributed by atoms with E-state index in [4.69, 9.17) is 9.47 Å². The van der Waals surface area contributed by atoms with Crippen LogP contribution < -0.4 is 9.47 Å². The Labute approximate surface area is 191 Å². The molecule has 4 aromatic carbocycles. The van der Waals surface area contributed by atoms with Crippen molar-refractivity contribution in [3.8, 4) is 33.8 Å². The lowest BCUT2D eigenvalue weighted by Crippen LogP contribution is -1.97. The van der Waals surface area contributed by atoms with Crippen LogP contribution in [0.4, 0.5) is 13.2 Å². The van der Waals surface area contributed by atoms with Crippen LogP contribution in [0.2, 0.25) is 0 Å². The Morgan fingerprint density at radius 1 is 0.576 bits per heavy atom. The lowest BCUT2D eigenvalue weighted by atomic mass is 9.97. The van der Waals surface area contributed by atoms with E-state index < -0.39 is 11.6 Å². The Morgan fingerprint density at radius 2 is 1.09 bits per heavy atom. The number of hydrogen-bond acceptors (Lipinski definition) is 2. The van der Waals surface area contributed by atoms with E-state index in [2.05, 4.69) is 0 Å². The third kappa shape index (κ3) is 4.87. The zero-order valence-corrected chi connectivity index (χ0v) is 18.4. The highest BCUT2D eigenvalue weighted by Gasteiger charge is 2.16. The largest absolute Gasteiger partial charge is 0.497 e. The number of rotatable bonds is 7. The highest BCUT2D eigenvalue weighted by molar-refractivity contribution is 5.72. The van der Waals surface area contributed by atoms with Gasteiger partial charge in [-0.25, -0.2) is 13.2 Å². The van der Waals surface area contributed by atoms with Crippen LogP contribution in [0.15, 0.2) is 78.9 Å². The van der Waals surface area contributed by atoms with Crippen molar-refractivity contribution < 1.29 is 22.6 Å². The number of benzene rings is 4. The molecule has 0 aromatic heterocycles. The fraction of sp³-hybridized carbons (Fsp3) is 0.143. The van der Waals surface area contributed by atoms with E-state index in [0.717, 1.165) is 5.56 Å². The Bertz CT molecular complexity index is 1250. The maximum atomic E-state index is 14.9. The van der Waals surface area contributed by atoms with Gasteiger partial charge in [0.1, 0.15) is 17.3 Å². The molecular weight excluding hydrogens is 425 g/mol. The fourth-order valence-electron chi connectivity index (χ4n) is 3.75. The molecule has 4 aromatic rings. The highest BCUT2D eigenvalue weighted by Crippen LogP contribution is 2.32. The third-order valence-corrected chi connectivity index (χ3v) is 5.69. The summed E-state index contributed by atoms with van der Waals surface area (Å²) in [7, 11) is 3.05. The van der Waals surface area contributed by atoms with Gasteiger partial charge in [0.15, 0.2) is 11.6 Å². The molecule has 0 aliphatic heterocycles. The molecule has 0 unspecified atom stereocenters. The van der Waals surface area contributed by atoms with Crippen LogP contribution in [0.5, 0.6) is 11.5 Å². The molecule has 5 heteroatoms. The van der Waals surface area contributed by atoms with Crippen molar-refractivity contribution in [1.82, 2.24) is 0 Å². The second kappa shape index (κ2) is 9.82. The Morgan fingerprint density at radius 3 is 1.61 bits per heavy atom. The van der Waals surface area contributed by atoms with Crippen molar-refractivity contribution in [3.05, 3.63) is 107 Å². The molecule has 0 N–H and O–H groups in total. The molecule has 0 radical (unpaired) electrons. The molecule has 0 saturated heterocycles. The molecule has 2 nitrogen and oxygen atoms in total. The smallest absolute Gasteiger partial charge is 0.167 e. The van der Waals surface area contributed by atoms with E-state index in [1.807, 2.05) is 12.1 Å². The van der Waals surface area contributed by atoms with Crippen LogP contribution in [0.25, 0.3) is 22.3 Å². The van der Waals surface area contributed by atoms with Gasteiger partial charge >= 0.3 is 0 Å². The Balaban J connectivity index is 1.51. The van der Waals surface area contributed by atoms with Gasteiger partial charge in [0.05, 0.1) is 14.2 Å². The van der Waals surface area contributed by atoms with Gasteiger partial charge in [-0.05, 0) is 53.3 Å². The molecule has 0 saturated carbocycles. The first-order chi connectivity index (χ1) is 16.0. The van der Waals surface area contributed by atoms with Gasteiger partial charge in [-0.3, -0.25) is 0 Å². The first-order valence-electron chi connectivity index (χ1n) is 10.5. The van der Waals surface area contributed by atoms with Gasteiger partial charge in [-0.2, -0.15) is 0 Å². The molecule has 0 heterocycles. The standard InChI is InChI=1S/C28H23F3O2/c1-32-22-12-9-20(10-13-22)25-16-15-24(27(30)28(25)31)19-6-3-18(4-7-19)5-8-21-11-14-23(33-2)17-26(21)29/h3-4,6-7,9-17H,5,8H2,1-2H3. The summed E-state index contributed by atoms with van der Waals surface area (Å²) in [6.07, 6.45) is 1.14. The normalized spacial score (nSPS) is 10.8. The van der Waals surface area contributed by atoms with Gasteiger partial charge in [-0.15, -0.1) is 0 Å². The molecule has 4 rings (SSSR count). The summed E-state index contributed by atoms with van der Waals surface area (Å²) < 4.78 is 54.0. The zero-order chi connectivity index (χ0) is 23.4. The van der Waals surface area contributed by atoms with Gasteiger partial charge in [0, 0.05) is 17.2 Å². The lowest BCUT2D eigenvalue weighted by Gasteiger charge is -2.11. The maximum Gasteiger partial charge on any atom is 0.167 e. The van der Waals surface area contributed by atoms with Gasteiger partial charge in [-0.1, -0.05) is 54.6 Å². The van der Waals surface area contributed by atoms with Crippen LogP contribution in [0.3, 0.4) is 0 Å². The monoisotopic (exact) mass is 448 g/mol. The summed E-state index contributed by atoms with van der Waals surface area (Å²) in [5.74, 6) is -0.965. The first kappa shape index (κ1) is 22.5. The minimum absolute atomic E-state index is 0.192. The molecule has 0 aliphatic carbocycles. The van der Waals surface area contributed by atoms with E-state index in [1.54, 1.807) is 67.8 Å². The maximum absolute atomic E-state index is 14.9. The molecule has 0 bridgehead atoms. The zero-order valence-electron chi connectivity index (χ0n) is 18.4. The summed E-state index contributed by atoms with van der Waals surface area (Å²) in [6.45, 7) is 0. The number of hydrogen-bond donors (Lipinski definition) is 0. The minimum atomic E-state index is -0.892. The summed E-state index contributed by atoms with van der Waals surface area (Å²) in [5, 5.41) is 0. The number of halogens is 3. The summed E-state index contributed by atoms with van der Waals surface area (Å²) in [4.78, 5) is 0. The van der Waals surface area contributed by atoms with Crippen molar-refractivity contribution in [2.45, 2.75) is 12.8 Å². The van der Waals surface area contributed by atoms with Gasteiger partial charge in [0.2, 0.25) is 0 Å². The van der Waals surface area contributed by atoms with Crippen molar-refractivity contribution in [2.75, 3.05) is 14.2 Å². The van der Waals surface area contributed by atoms with Crippen LogP contribution in [-0.4, -0.2) is 14.2 Å². The third-order valence-electron chi connectivity index (χ3n) is 5.69. The topological polar surface area (TPSA) is 18.5 Å². The van der Waals surface area contributed by atoms with E-state index in [0.29, 0.717) is 41.0 Å². The van der Waals surface area contributed by atoms with Crippen molar-refractivity contribution in [1.29, 1.82) is 0 Å². The van der Waals surface area contributed by atoms with E-state index in [1.165, 1.54) is 13.2 Å². The quantitative estimate of drug-likeness (QED) is 0.297. The number of methoxy groups -OCH3 is 2. The molecular formula is C28H23F3O2. The molecule has 0 spiro atoms. The average Bonchev–Trinajstić information content (AvgIpc) is 2.85. The molecule has 0 aliphatic rings. The SMILES string of the molecule is COc1ccc(-c2ccc(-c3ccc(CCc4ccc(OC)cc4F)cc3)c(F)c2F)cc1. The van der Waals surface area contributed by atoms with Crippen molar-refractivity contribution >= 4 is 0 Å². The molecule has 168 valence electrons. The van der Waals surface area contributed by atoms with Crippen molar-refractivity contribution in [3.63, 3.8) is 0 Å². The summed E-state index contributed by atoms with van der Waals surface area (Å²) in [5.41, 5.74) is 3.10. The highest BCUT2D eigenvalue weighted by atomic mass is 19.2. The summed E-state index contributed by atoms with van der Waals surface area (Å²) in [6, 6.07) is 22.0. The fourth-order valence-corrected chi connectivity index (χ4v) is 3.75. The van der Waals surface area contributed by atoms with Crippen LogP contribution in [-0.2, 0) is 12.8 Å². The molecule has 0 amide bonds. The van der Waals surface area contributed by atoms with Gasteiger partial charge < -0.3 is 9.47 Å². The van der Waals surface area contributed by atoms with E-state index in [9.17, 15) is 13.2 Å². The second-order valence-electron chi connectivity index (χ2n) is 7.67. The van der Waals surface area contributed by atoms with Crippen LogP contribution in [0.1, 0.15) is 11.1 Å². The second-order valence-corrected chi connectivity index (χ2v) is 7.67. The lowest BCUT2D eigenvalue weighted by molar-refractivity contribution is 0.410. The minimum Gasteiger partial charge on any atom is -0.497 e. The predicted octanol–water partition coefficient (Wildman–Crippen LogP) is 7.24. The van der Waals surface area contributed by atoms with Crippen LogP contribution in [0, 0.1) is 17.5 Å². The van der Waals surface area contributed by atoms with Crippen molar-refractivity contribution in [2.24, 2.45) is 0 Å².